The number of esters is 3. The van der Waals surface area contributed by atoms with Gasteiger partial charge < -0.3 is 19.7 Å². The monoisotopic (exact) mass is 486 g/mol. The molecule has 34 heavy (non-hydrogen) atoms. The zero-order valence-electron chi connectivity index (χ0n) is 21.3. The van der Waals surface area contributed by atoms with Gasteiger partial charge in [-0.3, -0.25) is 14.4 Å². The van der Waals surface area contributed by atoms with Crippen molar-refractivity contribution in [3.63, 3.8) is 0 Å². The predicted octanol–water partition coefficient (Wildman–Crippen LogP) is 5.48. The summed E-state index contributed by atoms with van der Waals surface area (Å²) in [5.74, 6) is -4.61. The number of ether oxygens (including phenoxy) is 2. The van der Waals surface area contributed by atoms with Gasteiger partial charge in [0.2, 0.25) is 0 Å². The molecule has 0 fully saturated rings. The minimum Gasteiger partial charge on any atom is -0.479 e. The van der Waals surface area contributed by atoms with Crippen LogP contribution in [0.2, 0.25) is 0 Å². The summed E-state index contributed by atoms with van der Waals surface area (Å²) in [5, 5.41) is 19.5. The first-order valence-corrected chi connectivity index (χ1v) is 13.1. The van der Waals surface area contributed by atoms with Crippen LogP contribution in [0.1, 0.15) is 129 Å². The van der Waals surface area contributed by atoms with Crippen molar-refractivity contribution in [1.29, 1.82) is 0 Å². The van der Waals surface area contributed by atoms with E-state index in [2.05, 4.69) is 11.7 Å². The summed E-state index contributed by atoms with van der Waals surface area (Å²) in [6.45, 7) is 4.31. The SMILES string of the molecule is CCCCCCCCCCCCCCOC(=O)CC(O)(CC(=O)OC(=O)CCCCC)C(=O)O. The maximum Gasteiger partial charge on any atom is 0.336 e. The smallest absolute Gasteiger partial charge is 0.336 e. The number of aliphatic hydroxyl groups is 1. The molecule has 0 bridgehead atoms. The van der Waals surface area contributed by atoms with Gasteiger partial charge in [-0.2, -0.15) is 0 Å². The fraction of sp³-hybridized carbons (Fsp3) is 0.846. The average Bonchev–Trinajstić information content (AvgIpc) is 2.76. The Kier molecular flexibility index (Phi) is 19.2. The third kappa shape index (κ3) is 17.5. The van der Waals surface area contributed by atoms with Gasteiger partial charge in [-0.05, 0) is 12.8 Å². The maximum absolute atomic E-state index is 12.0. The highest BCUT2D eigenvalue weighted by atomic mass is 16.6. The minimum absolute atomic E-state index is 0.0339. The van der Waals surface area contributed by atoms with Crippen LogP contribution >= 0.6 is 0 Å². The molecule has 0 amide bonds. The normalized spacial score (nSPS) is 12.7. The number of hydrogen-bond acceptors (Lipinski definition) is 7. The van der Waals surface area contributed by atoms with E-state index in [9.17, 15) is 29.4 Å². The fourth-order valence-electron chi connectivity index (χ4n) is 3.60. The van der Waals surface area contributed by atoms with Crippen LogP contribution in [0, 0.1) is 0 Å². The Morgan fingerprint density at radius 2 is 1.06 bits per heavy atom. The molecule has 1 unspecified atom stereocenters. The number of carbonyl (C=O) groups excluding carboxylic acids is 3. The van der Waals surface area contributed by atoms with Crippen molar-refractivity contribution in [3.8, 4) is 0 Å². The van der Waals surface area contributed by atoms with Crippen LogP contribution in [0.5, 0.6) is 0 Å². The van der Waals surface area contributed by atoms with Gasteiger partial charge >= 0.3 is 23.9 Å². The second-order valence-electron chi connectivity index (χ2n) is 9.10. The molecule has 0 aliphatic carbocycles. The summed E-state index contributed by atoms with van der Waals surface area (Å²) < 4.78 is 9.58. The summed E-state index contributed by atoms with van der Waals surface area (Å²) in [5.41, 5.74) is -2.67. The van der Waals surface area contributed by atoms with Crippen LogP contribution in [-0.2, 0) is 28.7 Å². The first-order valence-electron chi connectivity index (χ1n) is 13.1. The van der Waals surface area contributed by atoms with Gasteiger partial charge in [0.05, 0.1) is 19.4 Å². The molecule has 0 aliphatic heterocycles. The first-order chi connectivity index (χ1) is 16.2. The molecule has 0 rings (SSSR count). The molecule has 0 aromatic heterocycles. The van der Waals surface area contributed by atoms with E-state index in [1.54, 1.807) is 0 Å². The molecule has 0 saturated heterocycles. The van der Waals surface area contributed by atoms with Gasteiger partial charge in [0.25, 0.3) is 0 Å². The number of rotatable bonds is 22. The Morgan fingerprint density at radius 1 is 0.618 bits per heavy atom. The Morgan fingerprint density at radius 3 is 1.56 bits per heavy atom. The van der Waals surface area contributed by atoms with E-state index < -0.39 is 42.3 Å². The van der Waals surface area contributed by atoms with Crippen molar-refractivity contribution in [3.05, 3.63) is 0 Å². The summed E-state index contributed by atoms with van der Waals surface area (Å²) >= 11 is 0. The third-order valence-corrected chi connectivity index (χ3v) is 5.74. The molecule has 0 aromatic rings. The molecule has 1 atom stereocenters. The summed E-state index contributed by atoms with van der Waals surface area (Å²) in [6, 6.07) is 0. The molecule has 198 valence electrons. The van der Waals surface area contributed by atoms with Gasteiger partial charge in [0.15, 0.2) is 5.60 Å². The van der Waals surface area contributed by atoms with E-state index in [1.807, 2.05) is 6.92 Å². The van der Waals surface area contributed by atoms with Crippen molar-refractivity contribution >= 4 is 23.9 Å². The summed E-state index contributed by atoms with van der Waals surface area (Å²) in [7, 11) is 0. The fourth-order valence-corrected chi connectivity index (χ4v) is 3.60. The average molecular weight is 487 g/mol. The zero-order valence-corrected chi connectivity index (χ0v) is 21.3. The van der Waals surface area contributed by atoms with Crippen molar-refractivity contribution < 1.29 is 38.9 Å². The van der Waals surface area contributed by atoms with E-state index in [-0.39, 0.29) is 13.0 Å². The van der Waals surface area contributed by atoms with Gasteiger partial charge in [-0.25, -0.2) is 4.79 Å². The standard InChI is InChI=1S/C26H46O8/c1-3-5-7-8-9-10-11-12-13-14-15-17-19-33-23(28)20-26(32,25(30)31)21-24(29)34-22(27)18-16-6-4-2/h32H,3-21H2,1-2H3,(H,30,31). The number of hydrogen-bond donors (Lipinski definition) is 2. The molecule has 2 N–H and O–H groups in total. The molecule has 0 aliphatic rings. The quantitative estimate of drug-likeness (QED) is 0.117. The Bertz CT molecular complexity index is 589. The molecule has 0 heterocycles. The van der Waals surface area contributed by atoms with Crippen molar-refractivity contribution in [1.82, 2.24) is 0 Å². The van der Waals surface area contributed by atoms with E-state index in [4.69, 9.17) is 4.74 Å². The molecule has 0 saturated carbocycles. The highest BCUT2D eigenvalue weighted by molar-refractivity contribution is 5.92. The second kappa shape index (κ2) is 20.4. The molecule has 0 spiro atoms. The van der Waals surface area contributed by atoms with Gasteiger partial charge in [0.1, 0.15) is 0 Å². The Labute approximate surface area is 204 Å². The third-order valence-electron chi connectivity index (χ3n) is 5.74. The second-order valence-corrected chi connectivity index (χ2v) is 9.10. The molecule has 0 radical (unpaired) electrons. The van der Waals surface area contributed by atoms with Gasteiger partial charge in [0, 0.05) is 6.42 Å². The van der Waals surface area contributed by atoms with Crippen LogP contribution < -0.4 is 0 Å². The van der Waals surface area contributed by atoms with Crippen LogP contribution in [0.25, 0.3) is 0 Å². The Balaban J connectivity index is 4.01. The van der Waals surface area contributed by atoms with Crippen LogP contribution in [0.3, 0.4) is 0 Å². The first kappa shape index (κ1) is 32.0. The number of carbonyl (C=O) groups is 4. The van der Waals surface area contributed by atoms with Crippen molar-refractivity contribution in [2.45, 2.75) is 135 Å². The topological polar surface area (TPSA) is 127 Å². The van der Waals surface area contributed by atoms with E-state index in [0.717, 1.165) is 32.1 Å². The van der Waals surface area contributed by atoms with E-state index in [1.165, 1.54) is 51.4 Å². The number of carboxylic acids is 1. The van der Waals surface area contributed by atoms with Crippen molar-refractivity contribution in [2.75, 3.05) is 6.61 Å². The highest BCUT2D eigenvalue weighted by Crippen LogP contribution is 2.19. The lowest BCUT2D eigenvalue weighted by molar-refractivity contribution is -0.175. The lowest BCUT2D eigenvalue weighted by Gasteiger charge is -2.21. The van der Waals surface area contributed by atoms with E-state index >= 15 is 0 Å². The molecular formula is C26H46O8. The van der Waals surface area contributed by atoms with E-state index in [0.29, 0.717) is 12.8 Å². The number of carboxylic acid groups (broad SMARTS) is 1. The van der Waals surface area contributed by atoms with Crippen molar-refractivity contribution in [2.24, 2.45) is 0 Å². The largest absolute Gasteiger partial charge is 0.479 e. The lowest BCUT2D eigenvalue weighted by atomic mass is 9.96. The predicted molar refractivity (Wildman–Crippen MR) is 129 cm³/mol. The highest BCUT2D eigenvalue weighted by Gasteiger charge is 2.42. The zero-order chi connectivity index (χ0) is 25.7. The number of unbranched alkanes of at least 4 members (excludes halogenated alkanes) is 13. The van der Waals surface area contributed by atoms with Gasteiger partial charge in [-0.1, -0.05) is 97.3 Å². The summed E-state index contributed by atoms with van der Waals surface area (Å²) in [4.78, 5) is 46.9. The van der Waals surface area contributed by atoms with Crippen LogP contribution in [0.15, 0.2) is 0 Å². The molecule has 8 heteroatoms. The van der Waals surface area contributed by atoms with Crippen LogP contribution in [0.4, 0.5) is 0 Å². The molecule has 8 nitrogen and oxygen atoms in total. The van der Waals surface area contributed by atoms with Gasteiger partial charge in [-0.15, -0.1) is 0 Å². The number of aliphatic carboxylic acids is 1. The molecular weight excluding hydrogens is 440 g/mol. The molecule has 0 aromatic carbocycles. The lowest BCUT2D eigenvalue weighted by Crippen LogP contribution is -2.43. The Hall–Kier alpha value is -1.96. The maximum atomic E-state index is 12.0. The van der Waals surface area contributed by atoms with Crippen LogP contribution in [-0.4, -0.2) is 46.3 Å². The minimum atomic E-state index is -2.67. The summed E-state index contributed by atoms with van der Waals surface area (Å²) in [6.07, 6.45) is 14.4.